The third-order valence-corrected chi connectivity index (χ3v) is 3.56. The Hall–Kier alpha value is -0.380. The van der Waals surface area contributed by atoms with Gasteiger partial charge in [0.15, 0.2) is 0 Å². The van der Waals surface area contributed by atoms with Crippen LogP contribution in [0.4, 0.5) is 4.79 Å². The molecule has 68 valence electrons. The molecule has 2 rings (SSSR count). The second kappa shape index (κ2) is 3.56. The first kappa shape index (κ1) is 8.23. The highest BCUT2D eigenvalue weighted by molar-refractivity contribution is 7.99. The van der Waals surface area contributed by atoms with Crippen LogP contribution in [0, 0.1) is 0 Å². The SMILES string of the molecule is O=C(NC1CCSC1)N1CCC1. The second-order valence-electron chi connectivity index (χ2n) is 3.35. The van der Waals surface area contributed by atoms with Crippen molar-refractivity contribution in [2.24, 2.45) is 0 Å². The van der Waals surface area contributed by atoms with Crippen LogP contribution < -0.4 is 5.32 Å². The third kappa shape index (κ3) is 1.68. The minimum atomic E-state index is 0.147. The largest absolute Gasteiger partial charge is 0.334 e. The summed E-state index contributed by atoms with van der Waals surface area (Å²) in [5.41, 5.74) is 0. The van der Waals surface area contributed by atoms with Gasteiger partial charge in [-0.3, -0.25) is 0 Å². The molecular formula is C8H14N2OS. The van der Waals surface area contributed by atoms with Gasteiger partial charge in [-0.2, -0.15) is 11.8 Å². The maximum atomic E-state index is 11.4. The van der Waals surface area contributed by atoms with Crippen LogP contribution in [-0.4, -0.2) is 41.6 Å². The fourth-order valence-electron chi connectivity index (χ4n) is 1.43. The fourth-order valence-corrected chi connectivity index (χ4v) is 2.59. The Morgan fingerprint density at radius 1 is 1.50 bits per heavy atom. The molecule has 0 aliphatic carbocycles. The lowest BCUT2D eigenvalue weighted by Crippen LogP contribution is -2.50. The number of hydrogen-bond donors (Lipinski definition) is 1. The van der Waals surface area contributed by atoms with Crippen LogP contribution in [0.3, 0.4) is 0 Å². The molecule has 2 heterocycles. The first-order valence-corrected chi connectivity index (χ1v) is 5.65. The molecule has 0 aromatic rings. The zero-order valence-corrected chi connectivity index (χ0v) is 7.90. The first-order chi connectivity index (χ1) is 5.86. The van der Waals surface area contributed by atoms with Gasteiger partial charge in [0, 0.05) is 24.9 Å². The second-order valence-corrected chi connectivity index (χ2v) is 4.50. The number of hydrogen-bond acceptors (Lipinski definition) is 2. The molecule has 0 spiro atoms. The van der Waals surface area contributed by atoms with E-state index in [1.165, 1.54) is 12.2 Å². The molecule has 12 heavy (non-hydrogen) atoms. The van der Waals surface area contributed by atoms with E-state index in [4.69, 9.17) is 0 Å². The zero-order chi connectivity index (χ0) is 8.39. The van der Waals surface area contributed by atoms with Crippen molar-refractivity contribution < 1.29 is 4.79 Å². The smallest absolute Gasteiger partial charge is 0.317 e. The molecule has 2 fully saturated rings. The van der Waals surface area contributed by atoms with Crippen molar-refractivity contribution in [3.8, 4) is 0 Å². The minimum Gasteiger partial charge on any atom is -0.334 e. The summed E-state index contributed by atoms with van der Waals surface area (Å²) in [7, 11) is 0. The van der Waals surface area contributed by atoms with E-state index in [9.17, 15) is 4.79 Å². The third-order valence-electron chi connectivity index (χ3n) is 2.40. The van der Waals surface area contributed by atoms with Gasteiger partial charge in [-0.1, -0.05) is 0 Å². The topological polar surface area (TPSA) is 32.3 Å². The van der Waals surface area contributed by atoms with Crippen LogP contribution in [0.1, 0.15) is 12.8 Å². The molecule has 1 unspecified atom stereocenters. The Kier molecular flexibility index (Phi) is 2.44. The van der Waals surface area contributed by atoms with Crippen molar-refractivity contribution in [3.05, 3.63) is 0 Å². The first-order valence-electron chi connectivity index (χ1n) is 4.49. The van der Waals surface area contributed by atoms with Crippen molar-refractivity contribution in [1.82, 2.24) is 10.2 Å². The van der Waals surface area contributed by atoms with Gasteiger partial charge >= 0.3 is 6.03 Å². The standard InChI is InChI=1S/C8H14N2OS/c11-8(10-3-1-4-10)9-7-2-5-12-6-7/h7H,1-6H2,(H,9,11). The summed E-state index contributed by atoms with van der Waals surface area (Å²) in [6.45, 7) is 1.90. The molecule has 2 amide bonds. The highest BCUT2D eigenvalue weighted by Gasteiger charge is 2.24. The number of amides is 2. The summed E-state index contributed by atoms with van der Waals surface area (Å²) in [6.07, 6.45) is 2.32. The molecule has 2 aliphatic rings. The Morgan fingerprint density at radius 3 is 2.83 bits per heavy atom. The van der Waals surface area contributed by atoms with E-state index >= 15 is 0 Å². The summed E-state index contributed by atoms with van der Waals surface area (Å²) in [5, 5.41) is 3.05. The number of thioether (sulfide) groups is 1. The van der Waals surface area contributed by atoms with E-state index in [2.05, 4.69) is 5.32 Å². The fraction of sp³-hybridized carbons (Fsp3) is 0.875. The van der Waals surface area contributed by atoms with Crippen molar-refractivity contribution in [2.45, 2.75) is 18.9 Å². The predicted octanol–water partition coefficient (Wildman–Crippen LogP) is 0.907. The molecule has 1 atom stereocenters. The van der Waals surface area contributed by atoms with Crippen LogP contribution in [0.15, 0.2) is 0 Å². The molecular weight excluding hydrogens is 172 g/mol. The quantitative estimate of drug-likeness (QED) is 0.660. The molecule has 0 aromatic heterocycles. The molecule has 4 heteroatoms. The van der Waals surface area contributed by atoms with Crippen molar-refractivity contribution in [2.75, 3.05) is 24.6 Å². The van der Waals surface area contributed by atoms with Gasteiger partial charge in [0.25, 0.3) is 0 Å². The summed E-state index contributed by atoms with van der Waals surface area (Å²) < 4.78 is 0. The predicted molar refractivity (Wildman–Crippen MR) is 50.5 cm³/mol. The average Bonchev–Trinajstić information content (AvgIpc) is 2.34. The number of carbonyl (C=O) groups is 1. The number of likely N-dealkylation sites (tertiary alicyclic amines) is 1. The van der Waals surface area contributed by atoms with Crippen LogP contribution >= 0.6 is 11.8 Å². The number of nitrogens with zero attached hydrogens (tertiary/aromatic N) is 1. The molecule has 0 radical (unpaired) electrons. The highest BCUT2D eigenvalue weighted by atomic mass is 32.2. The van der Waals surface area contributed by atoms with Gasteiger partial charge in [-0.05, 0) is 18.6 Å². The molecule has 0 saturated carbocycles. The molecule has 0 aromatic carbocycles. The van der Waals surface area contributed by atoms with Gasteiger partial charge in [0.2, 0.25) is 0 Å². The van der Waals surface area contributed by atoms with Gasteiger partial charge in [0.05, 0.1) is 0 Å². The molecule has 2 saturated heterocycles. The van der Waals surface area contributed by atoms with E-state index in [-0.39, 0.29) is 6.03 Å². The van der Waals surface area contributed by atoms with E-state index in [0.717, 1.165) is 25.3 Å². The Labute approximate surface area is 76.9 Å². The maximum absolute atomic E-state index is 11.4. The zero-order valence-electron chi connectivity index (χ0n) is 7.08. The molecule has 3 nitrogen and oxygen atoms in total. The highest BCUT2D eigenvalue weighted by Crippen LogP contribution is 2.17. The summed E-state index contributed by atoms with van der Waals surface area (Å²) in [5.74, 6) is 2.30. The van der Waals surface area contributed by atoms with E-state index in [0.29, 0.717) is 6.04 Å². The van der Waals surface area contributed by atoms with E-state index < -0.39 is 0 Å². The maximum Gasteiger partial charge on any atom is 0.317 e. The van der Waals surface area contributed by atoms with Crippen LogP contribution in [0.25, 0.3) is 0 Å². The van der Waals surface area contributed by atoms with Crippen LogP contribution in [-0.2, 0) is 0 Å². The number of nitrogens with one attached hydrogen (secondary N) is 1. The molecule has 1 N–H and O–H groups in total. The number of carbonyl (C=O) groups excluding carboxylic acids is 1. The average molecular weight is 186 g/mol. The molecule has 2 aliphatic heterocycles. The summed E-state index contributed by atoms with van der Waals surface area (Å²) in [6, 6.07) is 0.580. The lowest BCUT2D eigenvalue weighted by molar-refractivity contribution is 0.165. The monoisotopic (exact) mass is 186 g/mol. The van der Waals surface area contributed by atoms with Gasteiger partial charge in [0.1, 0.15) is 0 Å². The number of urea groups is 1. The summed E-state index contributed by atoms with van der Waals surface area (Å²) in [4.78, 5) is 13.3. The van der Waals surface area contributed by atoms with Gasteiger partial charge in [-0.25, -0.2) is 4.79 Å². The number of rotatable bonds is 1. The van der Waals surface area contributed by atoms with Gasteiger partial charge < -0.3 is 10.2 Å². The summed E-state index contributed by atoms with van der Waals surface area (Å²) >= 11 is 1.93. The van der Waals surface area contributed by atoms with Crippen LogP contribution in [0.5, 0.6) is 0 Å². The minimum absolute atomic E-state index is 0.147. The van der Waals surface area contributed by atoms with Gasteiger partial charge in [-0.15, -0.1) is 0 Å². The lowest BCUT2D eigenvalue weighted by atomic mass is 10.2. The Morgan fingerprint density at radius 2 is 2.33 bits per heavy atom. The van der Waals surface area contributed by atoms with Crippen LogP contribution in [0.2, 0.25) is 0 Å². The van der Waals surface area contributed by atoms with Crippen molar-refractivity contribution in [1.29, 1.82) is 0 Å². The van der Waals surface area contributed by atoms with Crippen molar-refractivity contribution >= 4 is 17.8 Å². The Balaban J connectivity index is 1.73. The molecule has 0 bridgehead atoms. The van der Waals surface area contributed by atoms with E-state index in [1.54, 1.807) is 0 Å². The normalized spacial score (nSPS) is 28.3. The van der Waals surface area contributed by atoms with E-state index in [1.807, 2.05) is 16.7 Å². The lowest BCUT2D eigenvalue weighted by Gasteiger charge is -2.31. The Bertz CT molecular complexity index is 176. The van der Waals surface area contributed by atoms with Crippen molar-refractivity contribution in [3.63, 3.8) is 0 Å².